The van der Waals surface area contributed by atoms with Gasteiger partial charge in [-0.25, -0.2) is 0 Å². The normalized spacial score (nSPS) is 11.8. The first-order chi connectivity index (χ1) is 71.4. The number of aryl methyl sites for hydroxylation is 24. The molecule has 0 bridgehead atoms. The van der Waals surface area contributed by atoms with Gasteiger partial charge in [0, 0.05) is 0 Å². The van der Waals surface area contributed by atoms with Crippen LogP contribution in [0.5, 0.6) is 0 Å². The van der Waals surface area contributed by atoms with Crippen LogP contribution < -0.4 is 98.3 Å². The summed E-state index contributed by atoms with van der Waals surface area (Å²) in [6, 6.07) is 137. The van der Waals surface area contributed by atoms with Crippen LogP contribution >= 0.6 is 0 Å². The van der Waals surface area contributed by atoms with Crippen LogP contribution in [-0.4, -0.2) is 40.3 Å². The van der Waals surface area contributed by atoms with Gasteiger partial charge in [-0.15, -0.1) is 0 Å². The lowest BCUT2D eigenvalue weighted by Gasteiger charge is -2.33. The van der Waals surface area contributed by atoms with Crippen LogP contribution in [0.4, 0.5) is 0 Å². The zero-order valence-corrected chi connectivity index (χ0v) is 90.8. The molecule has 0 nitrogen and oxygen atoms in total. The Labute approximate surface area is 879 Å². The highest BCUT2D eigenvalue weighted by Crippen LogP contribution is 2.37. The van der Waals surface area contributed by atoms with Crippen molar-refractivity contribution in [2.75, 3.05) is 0 Å². The highest BCUT2D eigenvalue weighted by Gasteiger charge is 2.45. The predicted octanol–water partition coefficient (Wildman–Crippen LogP) is 23.7. The van der Waals surface area contributed by atoms with Crippen molar-refractivity contribution in [1.29, 1.82) is 0 Å². The van der Waals surface area contributed by atoms with E-state index < -0.39 is 13.4 Å². The fourth-order valence-electron chi connectivity index (χ4n) is 29.9. The van der Waals surface area contributed by atoms with Crippen molar-refractivity contribution in [3.63, 3.8) is 0 Å². The SMILES string of the molecule is Cc1cc(C)c(B(c2c(C)cc(C)cc2C)c2c3ccccc3c(B(c3c4ccccc4c(B(c4c(C)cc(C)cc4C)c4c(C)cc(C)cc4C)c4ccccc34)c3c4ccccc4c(B(c4c5ccccc5c(B(c5c(C)cc(C)cc5C)c5c(C)cc(C)cc5C)c5ccccc45)c4c5ccccc5c(B(c5c(C)cc(C)cc5C)c5c(C)cc(C)cc5C)c5ccccc45)c4ccccc34)c3ccccc23)c(C)c1. The monoisotopic (exact) mass is 1900 g/mol. The van der Waals surface area contributed by atoms with Crippen LogP contribution in [0.2, 0.25) is 0 Å². The van der Waals surface area contributed by atoms with Crippen LogP contribution in [0.25, 0.3) is 108 Å². The van der Waals surface area contributed by atoms with Gasteiger partial charge >= 0.3 is 0 Å². The van der Waals surface area contributed by atoms with Gasteiger partial charge in [0.15, 0.2) is 0 Å². The maximum absolute atomic E-state index is 2.57. The van der Waals surface area contributed by atoms with E-state index in [1.807, 2.05) is 0 Å². The average molecular weight is 1900 g/mol. The Morgan fingerprint density at radius 1 is 0.0878 bits per heavy atom. The van der Waals surface area contributed by atoms with Gasteiger partial charge in [-0.1, -0.05) is 572 Å². The number of rotatable bonds is 18. The Balaban J connectivity index is 0.933. The predicted molar refractivity (Wildman–Crippen MR) is 660 cm³/mol. The van der Waals surface area contributed by atoms with Crippen LogP contribution in [0, 0.1) is 166 Å². The van der Waals surface area contributed by atoms with E-state index in [4.69, 9.17) is 0 Å². The van der Waals surface area contributed by atoms with E-state index in [-0.39, 0.29) is 26.9 Å². The Hall–Kier alpha value is -15.0. The minimum atomic E-state index is -0.483. The highest BCUT2D eigenvalue weighted by molar-refractivity contribution is 7.09. The second-order valence-electron chi connectivity index (χ2n) is 44.7. The molecule has 0 spiro atoms. The van der Waals surface area contributed by atoms with Gasteiger partial charge in [0.25, 0.3) is 0 Å². The van der Waals surface area contributed by atoms with Crippen LogP contribution in [-0.2, 0) is 0 Å². The molecule has 23 aromatic carbocycles. The molecule has 0 saturated carbocycles. The van der Waals surface area contributed by atoms with Gasteiger partial charge in [-0.2, -0.15) is 0 Å². The Bertz CT molecular complexity index is 7840. The maximum Gasteiger partial charge on any atom is 0.246 e. The molecule has 0 saturated heterocycles. The quantitative estimate of drug-likeness (QED) is 0.0593. The second-order valence-corrected chi connectivity index (χ2v) is 44.7. The van der Waals surface area contributed by atoms with E-state index in [0.717, 1.165) is 0 Å². The molecule has 0 heterocycles. The lowest BCUT2D eigenvalue weighted by molar-refractivity contribution is 1.34. The van der Waals surface area contributed by atoms with Crippen molar-refractivity contribution in [3.8, 4) is 0 Å². The molecule has 0 radical (unpaired) electrons. The summed E-state index contributed by atoms with van der Waals surface area (Å²) in [5.74, 6) is 0. The van der Waals surface area contributed by atoms with Crippen LogP contribution in [0.1, 0.15) is 134 Å². The van der Waals surface area contributed by atoms with Gasteiger partial charge in [0.2, 0.25) is 40.3 Å². The average Bonchev–Trinajstić information content (AvgIpc) is 0.685. The summed E-state index contributed by atoms with van der Waals surface area (Å²) in [4.78, 5) is 0. The summed E-state index contributed by atoms with van der Waals surface area (Å²) in [7, 11) is 0. The van der Waals surface area contributed by atoms with Crippen molar-refractivity contribution in [3.05, 3.63) is 473 Å². The molecule has 0 aliphatic carbocycles. The lowest BCUT2D eigenvalue weighted by atomic mass is 9.29. The van der Waals surface area contributed by atoms with Gasteiger partial charge in [-0.05, 0) is 274 Å². The first-order valence-corrected chi connectivity index (χ1v) is 53.7. The Kier molecular flexibility index (Phi) is 24.6. The maximum atomic E-state index is 2.57. The largest absolute Gasteiger partial charge is 0.246 e. The van der Waals surface area contributed by atoms with E-state index >= 15 is 0 Å². The molecule has 0 amide bonds. The Morgan fingerprint density at radius 2 is 0.149 bits per heavy atom. The molecule has 714 valence electrons. The fourth-order valence-corrected chi connectivity index (χ4v) is 29.9. The second kappa shape index (κ2) is 37.8. The summed E-state index contributed by atoms with van der Waals surface area (Å²) in [5, 5.41) is 24.8. The summed E-state index contributed by atoms with van der Waals surface area (Å²) in [6.07, 6.45) is 0. The highest BCUT2D eigenvalue weighted by atomic mass is 14.3. The smallest absolute Gasteiger partial charge is 0.0628 e. The summed E-state index contributed by atoms with van der Waals surface area (Å²) < 4.78 is 0. The molecule has 0 aromatic heterocycles. The Morgan fingerprint density at radius 3 is 0.216 bits per heavy atom. The van der Waals surface area contributed by atoms with Gasteiger partial charge < -0.3 is 0 Å². The summed E-state index contributed by atoms with van der Waals surface area (Å²) >= 11 is 0. The van der Waals surface area contributed by atoms with Gasteiger partial charge in [-0.3, -0.25) is 0 Å². The number of fused-ring (bicyclic) bond motifs is 10. The van der Waals surface area contributed by atoms with E-state index in [9.17, 15) is 0 Å². The van der Waals surface area contributed by atoms with Crippen molar-refractivity contribution < 1.29 is 0 Å². The standard InChI is InChI=1S/C142H128B6/c1-81-65-89(9)125(90(10)66-81)143(126-91(11)67-82(2)68-92(126)12)133-105-45-25-33-53-113(105)137(114-54-34-26-46-106(114)133)147(138-115-55-35-27-47-107(115)134(108-48-28-36-56-116(108)138)144(127-93(13)69-83(3)70-94(127)14)128-95(15)71-84(4)72-96(128)16)141-121-61-41-43-63-123(121)142(124-64-44-42-62-122(124)141)148(139-117-57-37-29-49-109(117)135(110-50-30-38-58-118(110)139)145(129-97(17)73-85(5)74-98(129)18)130-99(19)75-86(6)76-100(130)20)140-119-59-39-31-51-111(119)136(112-52-32-40-60-120(112)140)146(131-101(21)77-87(7)78-102(131)22)132-103(23)79-88(8)80-104(132)24/h25-80H,1-24H3. The number of hydrogen-bond donors (Lipinski definition) is 0. The van der Waals surface area contributed by atoms with Gasteiger partial charge in [0.05, 0.1) is 0 Å². The molecule has 0 aliphatic heterocycles. The van der Waals surface area contributed by atoms with E-state index in [0.29, 0.717) is 0 Å². The van der Waals surface area contributed by atoms with Crippen molar-refractivity contribution >= 4 is 246 Å². The molecule has 0 fully saturated rings. The van der Waals surface area contributed by atoms with Crippen molar-refractivity contribution in [1.82, 2.24) is 0 Å². The molecule has 23 rings (SSSR count). The molecule has 6 heteroatoms. The van der Waals surface area contributed by atoms with Crippen molar-refractivity contribution in [2.45, 2.75) is 166 Å². The summed E-state index contributed by atoms with van der Waals surface area (Å²) in [5.41, 5.74) is 55.1. The molecule has 0 N–H and O–H groups in total. The third-order valence-corrected chi connectivity index (χ3v) is 34.2. The zero-order valence-electron chi connectivity index (χ0n) is 90.8. The van der Waals surface area contributed by atoms with E-state index in [1.54, 1.807) is 0 Å². The molecule has 148 heavy (non-hydrogen) atoms. The van der Waals surface area contributed by atoms with Gasteiger partial charge in [0.1, 0.15) is 0 Å². The lowest BCUT2D eigenvalue weighted by Crippen LogP contribution is -2.60. The molecular weight excluding hydrogens is 1770 g/mol. The molecular formula is C142H128B6. The molecule has 0 atom stereocenters. The minimum Gasteiger partial charge on any atom is -0.0628 e. The van der Waals surface area contributed by atoms with E-state index in [1.165, 1.54) is 340 Å². The first kappa shape index (κ1) is 96.5. The molecule has 0 unspecified atom stereocenters. The topological polar surface area (TPSA) is 0 Å². The van der Waals surface area contributed by atoms with Crippen LogP contribution in [0.15, 0.2) is 340 Å². The third kappa shape index (κ3) is 15.8. The third-order valence-electron chi connectivity index (χ3n) is 34.2. The molecule has 0 aliphatic rings. The molecule has 23 aromatic rings. The van der Waals surface area contributed by atoms with Crippen LogP contribution in [0.3, 0.4) is 0 Å². The fraction of sp³-hybridized carbons (Fsp3) is 0.169. The number of hydrogen-bond acceptors (Lipinski definition) is 0. The number of benzene rings is 23. The van der Waals surface area contributed by atoms with Crippen molar-refractivity contribution in [2.24, 2.45) is 0 Å². The zero-order chi connectivity index (χ0) is 103. The summed E-state index contributed by atoms with van der Waals surface area (Å²) in [6.45, 7) is 54.6. The minimum absolute atomic E-state index is 0.154. The van der Waals surface area contributed by atoms with E-state index in [2.05, 4.69) is 506 Å². The first-order valence-electron chi connectivity index (χ1n) is 53.7.